The van der Waals surface area contributed by atoms with Crippen LogP contribution in [0.1, 0.15) is 105 Å². The minimum atomic E-state index is -1.93. The maximum Gasteiger partial charge on any atom is 0.338 e. The van der Waals surface area contributed by atoms with Crippen molar-refractivity contribution in [1.82, 2.24) is 0 Å². The summed E-state index contributed by atoms with van der Waals surface area (Å²) in [5.41, 5.74) is 0. The topological polar surface area (TPSA) is 18.5 Å². The Morgan fingerprint density at radius 3 is 1.22 bits per heavy atom. The van der Waals surface area contributed by atoms with Gasteiger partial charge in [0.2, 0.25) is 0 Å². The van der Waals surface area contributed by atoms with Crippen LogP contribution < -0.4 is 0 Å². The first-order chi connectivity index (χ1) is 11.2. The molecule has 0 unspecified atom stereocenters. The van der Waals surface area contributed by atoms with Crippen molar-refractivity contribution in [2.24, 2.45) is 0 Å². The predicted molar refractivity (Wildman–Crippen MR) is 105 cm³/mol. The Kier molecular flexibility index (Phi) is 17.1. The van der Waals surface area contributed by atoms with E-state index in [1.165, 1.54) is 89.1 Å². The van der Waals surface area contributed by atoms with Crippen molar-refractivity contribution in [3.05, 3.63) is 0 Å². The Balaban J connectivity index is 4.03. The maximum atomic E-state index is 6.23. The van der Waals surface area contributed by atoms with Crippen molar-refractivity contribution in [2.45, 2.75) is 117 Å². The lowest BCUT2D eigenvalue weighted by Gasteiger charge is -2.30. The summed E-state index contributed by atoms with van der Waals surface area (Å²) in [5, 5.41) is 0. The average Bonchev–Trinajstić information content (AvgIpc) is 2.55. The summed E-state index contributed by atoms with van der Waals surface area (Å²) < 4.78 is 12.5. The smallest absolute Gasteiger partial charge is 0.338 e. The van der Waals surface area contributed by atoms with E-state index in [1.54, 1.807) is 0 Å². The summed E-state index contributed by atoms with van der Waals surface area (Å²) in [7, 11) is -1.93. The Labute approximate surface area is 148 Å². The third-order valence-electron chi connectivity index (χ3n) is 4.64. The molecule has 23 heavy (non-hydrogen) atoms. The molecule has 140 valence electrons. The molecule has 0 radical (unpaired) electrons. The zero-order chi connectivity index (χ0) is 17.2. The van der Waals surface area contributed by atoms with Gasteiger partial charge in [-0.25, -0.2) is 0 Å². The molecule has 3 heteroatoms. The van der Waals surface area contributed by atoms with Gasteiger partial charge in [-0.15, -0.1) is 0 Å². The quantitative estimate of drug-likeness (QED) is 0.193. The molecule has 0 heterocycles. The van der Waals surface area contributed by atoms with Crippen LogP contribution in [0.15, 0.2) is 0 Å². The fourth-order valence-corrected chi connectivity index (χ4v) is 6.87. The molecule has 0 aliphatic carbocycles. The number of hydrogen-bond donors (Lipinski definition) is 0. The van der Waals surface area contributed by atoms with Crippen molar-refractivity contribution in [2.75, 3.05) is 13.2 Å². The molecule has 0 aliphatic heterocycles. The summed E-state index contributed by atoms with van der Waals surface area (Å²) in [5.74, 6) is 0. The van der Waals surface area contributed by atoms with Crippen LogP contribution in [-0.2, 0) is 8.85 Å². The number of unbranched alkanes of at least 4 members (excludes halogenated alkanes) is 10. The molecule has 0 saturated carbocycles. The molecule has 0 fully saturated rings. The average molecular weight is 345 g/mol. The largest absolute Gasteiger partial charge is 0.394 e. The van der Waals surface area contributed by atoms with Gasteiger partial charge in [-0.3, -0.25) is 0 Å². The Hall–Kier alpha value is 0.137. The van der Waals surface area contributed by atoms with Gasteiger partial charge in [0.15, 0.2) is 0 Å². The zero-order valence-electron chi connectivity index (χ0n) is 16.6. The summed E-state index contributed by atoms with van der Waals surface area (Å²) in [4.78, 5) is 0. The van der Waals surface area contributed by atoms with Crippen molar-refractivity contribution in [1.29, 1.82) is 0 Å². The van der Waals surface area contributed by atoms with Gasteiger partial charge < -0.3 is 8.85 Å². The van der Waals surface area contributed by atoms with Crippen molar-refractivity contribution >= 4 is 8.56 Å². The van der Waals surface area contributed by atoms with E-state index >= 15 is 0 Å². The third-order valence-corrected chi connectivity index (χ3v) is 8.50. The van der Waals surface area contributed by atoms with Crippen LogP contribution in [0, 0.1) is 0 Å². The molecule has 0 bridgehead atoms. The Morgan fingerprint density at radius 1 is 0.478 bits per heavy atom. The highest BCUT2D eigenvalue weighted by atomic mass is 28.4. The van der Waals surface area contributed by atoms with Crippen LogP contribution >= 0.6 is 0 Å². The van der Waals surface area contributed by atoms with E-state index < -0.39 is 8.56 Å². The van der Waals surface area contributed by atoms with Crippen LogP contribution in [0.4, 0.5) is 0 Å². The highest BCUT2D eigenvalue weighted by molar-refractivity contribution is 6.67. The first-order valence-corrected chi connectivity index (χ1v) is 12.8. The monoisotopic (exact) mass is 344 g/mol. The molecule has 0 aromatic carbocycles. The molecule has 0 saturated heterocycles. The highest BCUT2D eigenvalue weighted by Gasteiger charge is 2.35. The molecule has 0 N–H and O–H groups in total. The van der Waals surface area contributed by atoms with E-state index in [-0.39, 0.29) is 0 Å². The van der Waals surface area contributed by atoms with Crippen molar-refractivity contribution in [3.63, 3.8) is 0 Å². The zero-order valence-corrected chi connectivity index (χ0v) is 17.6. The van der Waals surface area contributed by atoms with Gasteiger partial charge in [-0.05, 0) is 25.9 Å². The van der Waals surface area contributed by atoms with Gasteiger partial charge >= 0.3 is 8.56 Å². The maximum absolute atomic E-state index is 6.23. The molecular weight excluding hydrogens is 300 g/mol. The SMILES string of the molecule is CCCCCCCCCC[Si](CCCCCC)(OCC)OCC. The standard InChI is InChI=1S/C20H44O2Si/c1-5-9-11-13-14-15-16-18-20-23(21-7-3,22-8-4)19-17-12-10-6-2/h5-20H2,1-4H3. The second-order valence-corrected chi connectivity index (χ2v) is 10.2. The van der Waals surface area contributed by atoms with Gasteiger partial charge in [0.05, 0.1) is 0 Å². The molecule has 0 aromatic heterocycles. The summed E-state index contributed by atoms with van der Waals surface area (Å²) >= 11 is 0. The van der Waals surface area contributed by atoms with Crippen molar-refractivity contribution < 1.29 is 8.85 Å². The Bertz CT molecular complexity index is 228. The summed E-state index contributed by atoms with van der Waals surface area (Å²) in [6.07, 6.45) is 16.3. The number of hydrogen-bond acceptors (Lipinski definition) is 2. The lowest BCUT2D eigenvalue weighted by atomic mass is 10.1. The molecule has 0 aromatic rings. The molecule has 0 aliphatic rings. The molecule has 0 atom stereocenters. The fraction of sp³-hybridized carbons (Fsp3) is 1.00. The first kappa shape index (κ1) is 23.1. The van der Waals surface area contributed by atoms with Crippen molar-refractivity contribution in [3.8, 4) is 0 Å². The summed E-state index contributed by atoms with van der Waals surface area (Å²) in [6.45, 7) is 10.4. The van der Waals surface area contributed by atoms with Crippen LogP contribution in [0.2, 0.25) is 12.1 Å². The summed E-state index contributed by atoms with van der Waals surface area (Å²) in [6, 6.07) is 2.40. The lowest BCUT2D eigenvalue weighted by molar-refractivity contribution is 0.180. The van der Waals surface area contributed by atoms with E-state index in [4.69, 9.17) is 8.85 Å². The van der Waals surface area contributed by atoms with Crippen LogP contribution in [0.25, 0.3) is 0 Å². The highest BCUT2D eigenvalue weighted by Crippen LogP contribution is 2.26. The predicted octanol–water partition coefficient (Wildman–Crippen LogP) is 7.22. The van der Waals surface area contributed by atoms with Gasteiger partial charge in [0.25, 0.3) is 0 Å². The number of rotatable bonds is 18. The van der Waals surface area contributed by atoms with E-state index in [1.807, 2.05) is 0 Å². The molecule has 0 amide bonds. The van der Waals surface area contributed by atoms with Crippen LogP contribution in [0.3, 0.4) is 0 Å². The third kappa shape index (κ3) is 13.1. The molecular formula is C20H44O2Si. The Morgan fingerprint density at radius 2 is 0.826 bits per heavy atom. The van der Waals surface area contributed by atoms with Gasteiger partial charge in [0, 0.05) is 13.2 Å². The lowest BCUT2D eigenvalue weighted by Crippen LogP contribution is -2.42. The fourth-order valence-electron chi connectivity index (χ4n) is 3.33. The first-order valence-electron chi connectivity index (χ1n) is 10.5. The van der Waals surface area contributed by atoms with E-state index in [2.05, 4.69) is 27.7 Å². The molecule has 0 rings (SSSR count). The minimum Gasteiger partial charge on any atom is -0.394 e. The van der Waals surface area contributed by atoms with Crippen LogP contribution in [0.5, 0.6) is 0 Å². The van der Waals surface area contributed by atoms with Gasteiger partial charge in [0.1, 0.15) is 0 Å². The second-order valence-electron chi connectivity index (χ2n) is 6.81. The molecule has 0 spiro atoms. The second kappa shape index (κ2) is 17.0. The van der Waals surface area contributed by atoms with E-state index in [0.29, 0.717) is 0 Å². The minimum absolute atomic E-state index is 0.816. The van der Waals surface area contributed by atoms with Gasteiger partial charge in [-0.1, -0.05) is 90.9 Å². The molecule has 2 nitrogen and oxygen atoms in total. The normalized spacial score (nSPS) is 12.0. The van der Waals surface area contributed by atoms with Crippen LogP contribution in [-0.4, -0.2) is 21.8 Å². The van der Waals surface area contributed by atoms with E-state index in [9.17, 15) is 0 Å². The van der Waals surface area contributed by atoms with Gasteiger partial charge in [-0.2, -0.15) is 0 Å². The van der Waals surface area contributed by atoms with E-state index in [0.717, 1.165) is 13.2 Å².